The van der Waals surface area contributed by atoms with E-state index < -0.39 is 24.0 Å². The number of carbonyl (C=O) groups is 2. The Morgan fingerprint density at radius 2 is 1.76 bits per heavy atom. The van der Waals surface area contributed by atoms with E-state index in [1.54, 1.807) is 6.92 Å². The van der Waals surface area contributed by atoms with Gasteiger partial charge in [-0.2, -0.15) is 13.2 Å². The first-order valence-corrected chi connectivity index (χ1v) is 5.15. The van der Waals surface area contributed by atoms with Crippen LogP contribution >= 0.6 is 0 Å². The molecule has 0 amide bonds. The summed E-state index contributed by atoms with van der Waals surface area (Å²) in [5.74, 6) is -4.16. The first-order chi connectivity index (χ1) is 7.32. The van der Waals surface area contributed by atoms with Gasteiger partial charge in [-0.3, -0.25) is 4.79 Å². The van der Waals surface area contributed by atoms with Gasteiger partial charge >= 0.3 is 18.1 Å². The van der Waals surface area contributed by atoms with Crippen molar-refractivity contribution in [1.29, 1.82) is 0 Å². The molecule has 7 heteroatoms. The predicted molar refractivity (Wildman–Crippen MR) is 50.5 cm³/mol. The Hall–Kier alpha value is -0.576. The Balaban J connectivity index is 0. The summed E-state index contributed by atoms with van der Waals surface area (Å²) in [4.78, 5) is 21.6. The second kappa shape index (κ2) is 8.50. The van der Waals surface area contributed by atoms with Crippen LogP contribution in [0.4, 0.5) is 13.2 Å². The number of ether oxygens (including phenoxy) is 1. The van der Waals surface area contributed by atoms with Crippen LogP contribution < -0.4 is 0 Å². The molecule has 0 radical (unpaired) electrons. The molecule has 0 fully saturated rings. The standard InChI is InChI=1S/C10H15F3O3.Ni/c1-3-5-6-7(4-2)8(14)16-9(15)10(11,12)13;/h7H,3-6H2,1-2H3;. The van der Waals surface area contributed by atoms with Crippen LogP contribution in [-0.4, -0.2) is 18.1 Å². The molecular formula is C10H15F3NiO3. The van der Waals surface area contributed by atoms with Gasteiger partial charge in [0.05, 0.1) is 5.92 Å². The van der Waals surface area contributed by atoms with E-state index in [1.165, 1.54) is 0 Å². The molecule has 0 saturated heterocycles. The minimum absolute atomic E-state index is 0. The molecule has 0 aliphatic heterocycles. The molecule has 3 nitrogen and oxygen atoms in total. The zero-order chi connectivity index (χ0) is 12.8. The first kappa shape index (κ1) is 18.8. The molecule has 0 heterocycles. The molecule has 0 aliphatic rings. The number of hydrogen-bond donors (Lipinski definition) is 0. The Morgan fingerprint density at radius 1 is 1.24 bits per heavy atom. The molecule has 0 bridgehead atoms. The van der Waals surface area contributed by atoms with Crippen molar-refractivity contribution in [1.82, 2.24) is 0 Å². The Bertz CT molecular complexity index is 254. The third kappa shape index (κ3) is 7.37. The molecule has 0 aromatic heterocycles. The van der Waals surface area contributed by atoms with E-state index in [1.807, 2.05) is 6.92 Å². The fourth-order valence-corrected chi connectivity index (χ4v) is 1.17. The van der Waals surface area contributed by atoms with E-state index in [9.17, 15) is 22.8 Å². The minimum atomic E-state index is -5.11. The quantitative estimate of drug-likeness (QED) is 0.445. The first-order valence-electron chi connectivity index (χ1n) is 5.15. The second-order valence-electron chi connectivity index (χ2n) is 3.45. The molecule has 0 aromatic carbocycles. The van der Waals surface area contributed by atoms with Crippen molar-refractivity contribution in [2.45, 2.75) is 45.7 Å². The monoisotopic (exact) mass is 298 g/mol. The Labute approximate surface area is 108 Å². The van der Waals surface area contributed by atoms with E-state index in [4.69, 9.17) is 0 Å². The SMILES string of the molecule is CCCCC(CC)C(=O)OC(=O)C(F)(F)F.[Ni]. The third-order valence-corrected chi connectivity index (χ3v) is 2.16. The van der Waals surface area contributed by atoms with Crippen LogP contribution in [-0.2, 0) is 30.8 Å². The molecule has 0 saturated carbocycles. The van der Waals surface area contributed by atoms with Crippen LogP contribution in [0.15, 0.2) is 0 Å². The van der Waals surface area contributed by atoms with Gasteiger partial charge < -0.3 is 4.74 Å². The van der Waals surface area contributed by atoms with Crippen molar-refractivity contribution in [3.63, 3.8) is 0 Å². The van der Waals surface area contributed by atoms with E-state index in [2.05, 4.69) is 4.74 Å². The van der Waals surface area contributed by atoms with Gasteiger partial charge in [0.15, 0.2) is 0 Å². The molecule has 0 aliphatic carbocycles. The fraction of sp³-hybridized carbons (Fsp3) is 0.800. The van der Waals surface area contributed by atoms with Gasteiger partial charge in [-0.1, -0.05) is 26.7 Å². The van der Waals surface area contributed by atoms with Crippen LogP contribution in [0.3, 0.4) is 0 Å². The van der Waals surface area contributed by atoms with Crippen molar-refractivity contribution < 1.29 is 44.0 Å². The maximum absolute atomic E-state index is 11.8. The maximum Gasteiger partial charge on any atom is 0.491 e. The van der Waals surface area contributed by atoms with Gasteiger partial charge in [-0.05, 0) is 12.8 Å². The summed E-state index contributed by atoms with van der Waals surface area (Å²) < 4.78 is 39.2. The van der Waals surface area contributed by atoms with Gasteiger partial charge in [-0.15, -0.1) is 0 Å². The number of hydrogen-bond acceptors (Lipinski definition) is 3. The summed E-state index contributed by atoms with van der Waals surface area (Å²) in [6.07, 6.45) is -2.76. The summed E-state index contributed by atoms with van der Waals surface area (Å²) in [6, 6.07) is 0. The molecule has 0 aromatic rings. The summed E-state index contributed by atoms with van der Waals surface area (Å²) >= 11 is 0. The number of alkyl halides is 3. The van der Waals surface area contributed by atoms with Gasteiger partial charge in [0.2, 0.25) is 0 Å². The largest absolute Gasteiger partial charge is 0.491 e. The predicted octanol–water partition coefficient (Wildman–Crippen LogP) is 2.83. The molecule has 0 rings (SSSR count). The zero-order valence-corrected chi connectivity index (χ0v) is 10.6. The second-order valence-corrected chi connectivity index (χ2v) is 3.45. The number of unbranched alkanes of at least 4 members (excludes halogenated alkanes) is 1. The number of esters is 2. The average Bonchev–Trinajstić information content (AvgIpc) is 2.17. The van der Waals surface area contributed by atoms with Crippen molar-refractivity contribution in [3.05, 3.63) is 0 Å². The van der Waals surface area contributed by atoms with Crippen molar-refractivity contribution in [2.75, 3.05) is 0 Å². The Kier molecular flexibility index (Phi) is 9.40. The summed E-state index contributed by atoms with van der Waals surface area (Å²) in [6.45, 7) is 3.57. The van der Waals surface area contributed by atoms with E-state index in [-0.39, 0.29) is 16.5 Å². The van der Waals surface area contributed by atoms with Crippen molar-refractivity contribution >= 4 is 11.9 Å². The minimum Gasteiger partial charge on any atom is -0.386 e. The van der Waals surface area contributed by atoms with E-state index in [0.29, 0.717) is 19.3 Å². The number of carbonyl (C=O) groups excluding carboxylic acids is 2. The number of rotatable bonds is 5. The molecule has 104 valence electrons. The maximum atomic E-state index is 11.8. The average molecular weight is 299 g/mol. The van der Waals surface area contributed by atoms with Crippen LogP contribution in [0.2, 0.25) is 0 Å². The molecule has 1 atom stereocenters. The van der Waals surface area contributed by atoms with Gasteiger partial charge in [0.1, 0.15) is 0 Å². The zero-order valence-electron chi connectivity index (χ0n) is 9.58. The summed E-state index contributed by atoms with van der Waals surface area (Å²) in [5.41, 5.74) is 0. The van der Waals surface area contributed by atoms with E-state index >= 15 is 0 Å². The third-order valence-electron chi connectivity index (χ3n) is 2.16. The van der Waals surface area contributed by atoms with Crippen LogP contribution in [0.25, 0.3) is 0 Å². The van der Waals surface area contributed by atoms with Crippen LogP contribution in [0.1, 0.15) is 39.5 Å². The van der Waals surface area contributed by atoms with Crippen LogP contribution in [0.5, 0.6) is 0 Å². The fourth-order valence-electron chi connectivity index (χ4n) is 1.17. The molecule has 0 N–H and O–H groups in total. The van der Waals surface area contributed by atoms with Gasteiger partial charge in [0.25, 0.3) is 0 Å². The van der Waals surface area contributed by atoms with Crippen molar-refractivity contribution in [3.8, 4) is 0 Å². The van der Waals surface area contributed by atoms with Crippen molar-refractivity contribution in [2.24, 2.45) is 5.92 Å². The van der Waals surface area contributed by atoms with Crippen LogP contribution in [0, 0.1) is 5.92 Å². The summed E-state index contributed by atoms with van der Waals surface area (Å²) in [7, 11) is 0. The number of halogens is 3. The Morgan fingerprint density at radius 3 is 2.12 bits per heavy atom. The molecule has 0 spiro atoms. The summed E-state index contributed by atoms with van der Waals surface area (Å²) in [5, 5.41) is 0. The smallest absolute Gasteiger partial charge is 0.386 e. The van der Waals surface area contributed by atoms with E-state index in [0.717, 1.165) is 6.42 Å². The molecular weight excluding hydrogens is 284 g/mol. The van der Waals surface area contributed by atoms with Gasteiger partial charge in [0, 0.05) is 16.5 Å². The molecule has 1 unspecified atom stereocenters. The van der Waals surface area contributed by atoms with Gasteiger partial charge in [-0.25, -0.2) is 4.79 Å². The molecule has 17 heavy (non-hydrogen) atoms. The normalized spacial score (nSPS) is 12.5. The topological polar surface area (TPSA) is 43.4 Å².